The van der Waals surface area contributed by atoms with Crippen LogP contribution in [-0.2, 0) is 4.74 Å². The molecule has 1 heterocycles. The van der Waals surface area contributed by atoms with Crippen LogP contribution in [0.5, 0.6) is 0 Å². The summed E-state index contributed by atoms with van der Waals surface area (Å²) < 4.78 is 33.2. The topological polar surface area (TPSA) is 29.5 Å². The quantitative estimate of drug-likeness (QED) is 0.788. The van der Waals surface area contributed by atoms with E-state index in [1.54, 1.807) is 23.1 Å². The Morgan fingerprint density at radius 1 is 1.17 bits per heavy atom. The second kappa shape index (κ2) is 6.76. The molecule has 1 aliphatic heterocycles. The van der Waals surface area contributed by atoms with Gasteiger partial charge in [-0.3, -0.25) is 4.79 Å². The molecule has 0 spiro atoms. The lowest BCUT2D eigenvalue weighted by Gasteiger charge is -2.33. The summed E-state index contributed by atoms with van der Waals surface area (Å²) in [6, 6.07) is 10.3. The Kier molecular flexibility index (Phi) is 4.73. The molecule has 1 aliphatic rings. The molecule has 120 valence electrons. The van der Waals surface area contributed by atoms with Crippen LogP contribution in [0, 0.1) is 11.6 Å². The Morgan fingerprint density at radius 2 is 1.91 bits per heavy atom. The highest BCUT2D eigenvalue weighted by Gasteiger charge is 2.27. The second-order valence-corrected chi connectivity index (χ2v) is 6.20. The summed E-state index contributed by atoms with van der Waals surface area (Å²) in [4.78, 5) is 14.1. The number of amides is 1. The molecule has 0 bridgehead atoms. The fraction of sp³-hybridized carbons (Fsp3) is 0.235. The molecule has 0 N–H and O–H groups in total. The van der Waals surface area contributed by atoms with E-state index in [1.807, 2.05) is 0 Å². The minimum absolute atomic E-state index is 0.0270. The maximum atomic E-state index is 13.9. The average Bonchev–Trinajstić information content (AvgIpc) is 2.57. The molecule has 0 aromatic heterocycles. The van der Waals surface area contributed by atoms with E-state index < -0.39 is 5.82 Å². The van der Waals surface area contributed by atoms with Crippen molar-refractivity contribution in [2.75, 3.05) is 19.7 Å². The number of halogens is 3. The Balaban J connectivity index is 1.79. The number of carbonyl (C=O) groups excluding carboxylic acids is 1. The highest BCUT2D eigenvalue weighted by Crippen LogP contribution is 2.25. The summed E-state index contributed by atoms with van der Waals surface area (Å²) in [5.41, 5.74) is 0.817. The Labute approximate surface area is 141 Å². The molecule has 2 aromatic carbocycles. The first-order valence-electron chi connectivity index (χ1n) is 7.16. The predicted octanol–water partition coefficient (Wildman–Crippen LogP) is 3.94. The fourth-order valence-corrected chi connectivity index (χ4v) is 2.91. The molecule has 0 aliphatic carbocycles. The number of hydrogen-bond donors (Lipinski definition) is 0. The van der Waals surface area contributed by atoms with Gasteiger partial charge in [-0.25, -0.2) is 8.78 Å². The summed E-state index contributed by atoms with van der Waals surface area (Å²) in [5.74, 6) is -1.25. The number of ether oxygens (including phenoxy) is 1. The Hall–Kier alpha value is -1.79. The van der Waals surface area contributed by atoms with Crippen LogP contribution < -0.4 is 0 Å². The third kappa shape index (κ3) is 3.59. The summed E-state index contributed by atoms with van der Waals surface area (Å²) >= 11 is 3.25. The number of benzene rings is 2. The molecule has 0 saturated carbocycles. The lowest BCUT2D eigenvalue weighted by Crippen LogP contribution is -2.42. The zero-order valence-electron chi connectivity index (χ0n) is 12.1. The van der Waals surface area contributed by atoms with E-state index in [4.69, 9.17) is 4.74 Å². The van der Waals surface area contributed by atoms with E-state index in [9.17, 15) is 13.6 Å². The van der Waals surface area contributed by atoms with Crippen molar-refractivity contribution < 1.29 is 18.3 Å². The Morgan fingerprint density at radius 3 is 2.65 bits per heavy atom. The molecule has 1 amide bonds. The van der Waals surface area contributed by atoms with E-state index in [2.05, 4.69) is 15.9 Å². The summed E-state index contributed by atoms with van der Waals surface area (Å²) in [5, 5.41) is 0. The third-order valence-electron chi connectivity index (χ3n) is 3.75. The van der Waals surface area contributed by atoms with Crippen LogP contribution in [0.3, 0.4) is 0 Å². The van der Waals surface area contributed by atoms with Gasteiger partial charge in [-0.15, -0.1) is 0 Å². The monoisotopic (exact) mass is 381 g/mol. The largest absolute Gasteiger partial charge is 0.370 e. The zero-order chi connectivity index (χ0) is 16.4. The van der Waals surface area contributed by atoms with Crippen LogP contribution in [0.1, 0.15) is 22.0 Å². The lowest BCUT2D eigenvalue weighted by molar-refractivity contribution is -0.0230. The fourth-order valence-electron chi connectivity index (χ4n) is 2.54. The van der Waals surface area contributed by atoms with Gasteiger partial charge in [0.15, 0.2) is 0 Å². The van der Waals surface area contributed by atoms with Gasteiger partial charge in [0.05, 0.1) is 18.7 Å². The van der Waals surface area contributed by atoms with E-state index in [1.165, 1.54) is 24.3 Å². The number of nitrogens with zero attached hydrogens (tertiary/aromatic N) is 1. The maximum absolute atomic E-state index is 13.9. The highest BCUT2D eigenvalue weighted by atomic mass is 79.9. The first-order valence-corrected chi connectivity index (χ1v) is 7.95. The normalized spacial score (nSPS) is 18.0. The van der Waals surface area contributed by atoms with Crippen molar-refractivity contribution in [3.8, 4) is 0 Å². The third-order valence-corrected chi connectivity index (χ3v) is 4.25. The van der Waals surface area contributed by atoms with Gasteiger partial charge in [0, 0.05) is 11.0 Å². The first kappa shape index (κ1) is 16.1. The van der Waals surface area contributed by atoms with Crippen molar-refractivity contribution in [3.63, 3.8) is 0 Å². The molecule has 2 aromatic rings. The van der Waals surface area contributed by atoms with Gasteiger partial charge < -0.3 is 9.64 Å². The van der Waals surface area contributed by atoms with E-state index >= 15 is 0 Å². The molecule has 6 heteroatoms. The SMILES string of the molecule is O=C(c1cc(Br)ccc1F)N1CCOC(c2ccc(F)cc2)C1. The van der Waals surface area contributed by atoms with Crippen molar-refractivity contribution in [1.29, 1.82) is 0 Å². The van der Waals surface area contributed by atoms with Crippen molar-refractivity contribution in [2.45, 2.75) is 6.10 Å². The minimum atomic E-state index is -0.553. The van der Waals surface area contributed by atoms with Crippen molar-refractivity contribution in [2.24, 2.45) is 0 Å². The van der Waals surface area contributed by atoms with Gasteiger partial charge in [-0.2, -0.15) is 0 Å². The number of morpholine rings is 1. The van der Waals surface area contributed by atoms with Gasteiger partial charge in [0.1, 0.15) is 17.7 Å². The first-order chi connectivity index (χ1) is 11.0. The van der Waals surface area contributed by atoms with Gasteiger partial charge in [-0.05, 0) is 35.9 Å². The van der Waals surface area contributed by atoms with Gasteiger partial charge in [0.25, 0.3) is 5.91 Å². The van der Waals surface area contributed by atoms with Crippen LogP contribution in [0.15, 0.2) is 46.9 Å². The van der Waals surface area contributed by atoms with Crippen molar-refractivity contribution in [3.05, 3.63) is 69.7 Å². The maximum Gasteiger partial charge on any atom is 0.257 e. The van der Waals surface area contributed by atoms with Crippen molar-refractivity contribution in [1.82, 2.24) is 4.90 Å². The molecular weight excluding hydrogens is 368 g/mol. The molecule has 3 nitrogen and oxygen atoms in total. The van der Waals surface area contributed by atoms with Crippen LogP contribution in [-0.4, -0.2) is 30.5 Å². The molecule has 23 heavy (non-hydrogen) atoms. The van der Waals surface area contributed by atoms with Gasteiger partial charge in [0.2, 0.25) is 0 Å². The van der Waals surface area contributed by atoms with Crippen LogP contribution >= 0.6 is 15.9 Å². The summed E-state index contributed by atoms with van der Waals surface area (Å²) in [6.45, 7) is 1.04. The Bertz CT molecular complexity index is 721. The van der Waals surface area contributed by atoms with E-state index in [0.29, 0.717) is 24.2 Å². The molecule has 0 radical (unpaired) electrons. The van der Waals surface area contributed by atoms with E-state index in [-0.39, 0.29) is 23.4 Å². The standard InChI is InChI=1S/C17H14BrF2NO2/c18-12-3-6-15(20)14(9-12)17(22)21-7-8-23-16(10-21)11-1-4-13(19)5-2-11/h1-6,9,16H,7-8,10H2. The predicted molar refractivity (Wildman–Crippen MR) is 85.1 cm³/mol. The zero-order valence-corrected chi connectivity index (χ0v) is 13.7. The highest BCUT2D eigenvalue weighted by molar-refractivity contribution is 9.10. The number of hydrogen-bond acceptors (Lipinski definition) is 2. The minimum Gasteiger partial charge on any atom is -0.370 e. The second-order valence-electron chi connectivity index (χ2n) is 5.29. The van der Waals surface area contributed by atoms with Crippen molar-refractivity contribution >= 4 is 21.8 Å². The van der Waals surface area contributed by atoms with Crippen LogP contribution in [0.4, 0.5) is 8.78 Å². The van der Waals surface area contributed by atoms with Crippen LogP contribution in [0.2, 0.25) is 0 Å². The summed E-state index contributed by atoms with van der Waals surface area (Å²) in [7, 11) is 0. The molecule has 1 fully saturated rings. The number of rotatable bonds is 2. The molecule has 1 saturated heterocycles. The number of carbonyl (C=O) groups is 1. The van der Waals surface area contributed by atoms with Gasteiger partial charge in [-0.1, -0.05) is 28.1 Å². The molecular formula is C17H14BrF2NO2. The molecule has 1 atom stereocenters. The molecule has 1 unspecified atom stereocenters. The van der Waals surface area contributed by atoms with E-state index in [0.717, 1.165) is 5.56 Å². The molecule has 3 rings (SSSR count). The van der Waals surface area contributed by atoms with Gasteiger partial charge >= 0.3 is 0 Å². The average molecular weight is 382 g/mol. The lowest BCUT2D eigenvalue weighted by atomic mass is 10.1. The van der Waals surface area contributed by atoms with Crippen LogP contribution in [0.25, 0.3) is 0 Å². The summed E-state index contributed by atoms with van der Waals surface area (Å²) in [6.07, 6.45) is -0.344. The smallest absolute Gasteiger partial charge is 0.257 e.